The Labute approximate surface area is 115 Å². The second-order valence-electron chi connectivity index (χ2n) is 4.88. The molecule has 0 saturated heterocycles. The monoisotopic (exact) mass is 264 g/mol. The van der Waals surface area contributed by atoms with Crippen LogP contribution in [0.15, 0.2) is 30.3 Å². The third-order valence-electron chi connectivity index (χ3n) is 3.37. The van der Waals surface area contributed by atoms with Gasteiger partial charge in [0.1, 0.15) is 0 Å². The Morgan fingerprint density at radius 3 is 2.47 bits per heavy atom. The second-order valence-corrected chi connectivity index (χ2v) is 4.88. The molecule has 2 unspecified atom stereocenters. The van der Waals surface area contributed by atoms with Crippen LogP contribution in [0, 0.1) is 5.92 Å². The topological polar surface area (TPSA) is 46.5 Å². The number of unbranched alkanes of at least 4 members (excludes halogenated alkanes) is 1. The third kappa shape index (κ3) is 5.43. The summed E-state index contributed by atoms with van der Waals surface area (Å²) in [7, 11) is 0. The zero-order valence-electron chi connectivity index (χ0n) is 11.8. The van der Waals surface area contributed by atoms with Crippen molar-refractivity contribution in [3.63, 3.8) is 0 Å². The summed E-state index contributed by atoms with van der Waals surface area (Å²) < 4.78 is 5.64. The normalized spacial score (nSPS) is 14.0. The smallest absolute Gasteiger partial charge is 0.337 e. The van der Waals surface area contributed by atoms with Crippen molar-refractivity contribution >= 4 is 5.97 Å². The molecule has 19 heavy (non-hydrogen) atoms. The Balaban J connectivity index is 2.57. The van der Waals surface area contributed by atoms with Gasteiger partial charge in [0.25, 0.3) is 0 Å². The molecule has 106 valence electrons. The Bertz CT molecular complexity index is 362. The number of carboxylic acid groups (broad SMARTS) is 1. The van der Waals surface area contributed by atoms with E-state index in [4.69, 9.17) is 4.74 Å². The van der Waals surface area contributed by atoms with Crippen LogP contribution in [-0.4, -0.2) is 17.7 Å². The van der Waals surface area contributed by atoms with Gasteiger partial charge in [0.15, 0.2) is 6.10 Å². The summed E-state index contributed by atoms with van der Waals surface area (Å²) >= 11 is 0. The number of aliphatic carboxylic acids is 1. The first-order valence-corrected chi connectivity index (χ1v) is 7.08. The molecule has 0 aromatic heterocycles. The molecule has 3 heteroatoms. The predicted molar refractivity (Wildman–Crippen MR) is 76.1 cm³/mol. The fourth-order valence-electron chi connectivity index (χ4n) is 2.07. The van der Waals surface area contributed by atoms with E-state index >= 15 is 0 Å². The Hall–Kier alpha value is -1.35. The lowest BCUT2D eigenvalue weighted by Crippen LogP contribution is -2.19. The summed E-state index contributed by atoms with van der Waals surface area (Å²) in [4.78, 5) is 11.3. The molecule has 0 aliphatic carbocycles. The number of hydrogen-bond donors (Lipinski definition) is 1. The van der Waals surface area contributed by atoms with E-state index in [0.717, 1.165) is 19.3 Å². The Morgan fingerprint density at radius 1 is 1.26 bits per heavy atom. The zero-order valence-corrected chi connectivity index (χ0v) is 11.8. The fraction of sp³-hybridized carbons (Fsp3) is 0.562. The summed E-state index contributed by atoms with van der Waals surface area (Å²) in [5.74, 6) is -0.470. The summed E-state index contributed by atoms with van der Waals surface area (Å²) in [5, 5.41) is 9.26. The highest BCUT2D eigenvalue weighted by Gasteiger charge is 2.21. The van der Waals surface area contributed by atoms with Crippen molar-refractivity contribution in [2.75, 3.05) is 6.61 Å². The lowest BCUT2D eigenvalue weighted by atomic mass is 10.0. The molecule has 1 aromatic rings. The average Bonchev–Trinajstić information content (AvgIpc) is 2.43. The Morgan fingerprint density at radius 2 is 1.95 bits per heavy atom. The molecule has 3 nitrogen and oxygen atoms in total. The first-order valence-electron chi connectivity index (χ1n) is 7.08. The van der Waals surface area contributed by atoms with E-state index in [1.54, 1.807) is 12.1 Å². The molecule has 1 rings (SSSR count). The van der Waals surface area contributed by atoms with Crippen LogP contribution in [0.2, 0.25) is 0 Å². The van der Waals surface area contributed by atoms with Gasteiger partial charge < -0.3 is 9.84 Å². The van der Waals surface area contributed by atoms with Crippen molar-refractivity contribution in [1.29, 1.82) is 0 Å². The molecule has 0 heterocycles. The van der Waals surface area contributed by atoms with Gasteiger partial charge in [-0.3, -0.25) is 0 Å². The maximum Gasteiger partial charge on any atom is 0.337 e. The van der Waals surface area contributed by atoms with Crippen LogP contribution in [0.4, 0.5) is 0 Å². The minimum Gasteiger partial charge on any atom is -0.479 e. The fourth-order valence-corrected chi connectivity index (χ4v) is 2.07. The number of ether oxygens (including phenoxy) is 1. The van der Waals surface area contributed by atoms with Crippen LogP contribution >= 0.6 is 0 Å². The van der Waals surface area contributed by atoms with Crippen molar-refractivity contribution in [3.05, 3.63) is 35.9 Å². The summed E-state index contributed by atoms with van der Waals surface area (Å²) in [6.45, 7) is 4.81. The van der Waals surface area contributed by atoms with Crippen LogP contribution in [0.3, 0.4) is 0 Å². The van der Waals surface area contributed by atoms with Crippen molar-refractivity contribution in [2.24, 2.45) is 5.92 Å². The number of rotatable bonds is 9. The van der Waals surface area contributed by atoms with E-state index in [1.807, 2.05) is 18.2 Å². The SMILES string of the molecule is CCCCC(CC)COC(C(=O)O)c1ccccc1. The molecular weight excluding hydrogens is 240 g/mol. The minimum absolute atomic E-state index is 0.450. The third-order valence-corrected chi connectivity index (χ3v) is 3.37. The predicted octanol–water partition coefficient (Wildman–Crippen LogP) is 4.05. The maximum atomic E-state index is 11.3. The molecule has 0 fully saturated rings. The number of carboxylic acids is 1. The molecule has 1 N–H and O–H groups in total. The van der Waals surface area contributed by atoms with Crippen LogP contribution < -0.4 is 0 Å². The van der Waals surface area contributed by atoms with E-state index in [2.05, 4.69) is 13.8 Å². The van der Waals surface area contributed by atoms with E-state index < -0.39 is 12.1 Å². The average molecular weight is 264 g/mol. The second kappa shape index (κ2) is 8.70. The maximum absolute atomic E-state index is 11.3. The van der Waals surface area contributed by atoms with Crippen LogP contribution in [-0.2, 0) is 9.53 Å². The summed E-state index contributed by atoms with van der Waals surface area (Å²) in [5.41, 5.74) is 0.709. The van der Waals surface area contributed by atoms with Crippen molar-refractivity contribution in [3.8, 4) is 0 Å². The highest BCUT2D eigenvalue weighted by Crippen LogP contribution is 2.21. The largest absolute Gasteiger partial charge is 0.479 e. The highest BCUT2D eigenvalue weighted by molar-refractivity contribution is 5.74. The van der Waals surface area contributed by atoms with E-state index in [0.29, 0.717) is 18.1 Å². The number of benzene rings is 1. The first kappa shape index (κ1) is 15.7. The van der Waals surface area contributed by atoms with Gasteiger partial charge in [0, 0.05) is 0 Å². The van der Waals surface area contributed by atoms with Gasteiger partial charge in [-0.15, -0.1) is 0 Å². The van der Waals surface area contributed by atoms with Gasteiger partial charge in [-0.05, 0) is 17.9 Å². The zero-order chi connectivity index (χ0) is 14.1. The van der Waals surface area contributed by atoms with Gasteiger partial charge in [0.2, 0.25) is 0 Å². The van der Waals surface area contributed by atoms with Gasteiger partial charge in [-0.25, -0.2) is 4.79 Å². The van der Waals surface area contributed by atoms with E-state index in [9.17, 15) is 9.90 Å². The van der Waals surface area contributed by atoms with Crippen LogP contribution in [0.25, 0.3) is 0 Å². The summed E-state index contributed by atoms with van der Waals surface area (Å²) in [6.07, 6.45) is 3.62. The first-order chi connectivity index (χ1) is 9.19. The molecule has 0 aliphatic rings. The Kier molecular flexibility index (Phi) is 7.19. The molecule has 0 bridgehead atoms. The van der Waals surface area contributed by atoms with Crippen molar-refractivity contribution in [2.45, 2.75) is 45.6 Å². The van der Waals surface area contributed by atoms with Crippen molar-refractivity contribution in [1.82, 2.24) is 0 Å². The van der Waals surface area contributed by atoms with Crippen LogP contribution in [0.1, 0.15) is 51.2 Å². The molecule has 0 spiro atoms. The minimum atomic E-state index is -0.920. The van der Waals surface area contributed by atoms with E-state index in [-0.39, 0.29) is 0 Å². The molecule has 0 radical (unpaired) electrons. The highest BCUT2D eigenvalue weighted by atomic mass is 16.5. The lowest BCUT2D eigenvalue weighted by molar-refractivity contribution is -0.152. The van der Waals surface area contributed by atoms with Gasteiger partial charge in [0.05, 0.1) is 6.61 Å². The number of carbonyl (C=O) groups is 1. The quantitative estimate of drug-likeness (QED) is 0.732. The lowest BCUT2D eigenvalue weighted by Gasteiger charge is -2.19. The molecule has 2 atom stereocenters. The summed E-state index contributed by atoms with van der Waals surface area (Å²) in [6, 6.07) is 9.14. The molecule has 0 aliphatic heterocycles. The molecule has 0 saturated carbocycles. The van der Waals surface area contributed by atoms with Crippen LogP contribution in [0.5, 0.6) is 0 Å². The molecular formula is C16H24O3. The van der Waals surface area contributed by atoms with Gasteiger partial charge >= 0.3 is 5.97 Å². The molecule has 1 aromatic carbocycles. The molecule has 0 amide bonds. The van der Waals surface area contributed by atoms with Crippen molar-refractivity contribution < 1.29 is 14.6 Å². The standard InChI is InChI=1S/C16H24O3/c1-3-5-9-13(4-2)12-19-15(16(17)18)14-10-7-6-8-11-14/h6-8,10-11,13,15H,3-5,9,12H2,1-2H3,(H,17,18). The van der Waals surface area contributed by atoms with Gasteiger partial charge in [-0.1, -0.05) is 63.4 Å². The number of hydrogen-bond acceptors (Lipinski definition) is 2. The van der Waals surface area contributed by atoms with E-state index in [1.165, 1.54) is 6.42 Å². The van der Waals surface area contributed by atoms with Gasteiger partial charge in [-0.2, -0.15) is 0 Å².